The van der Waals surface area contributed by atoms with Crippen LogP contribution in [-0.2, 0) is 0 Å². The third-order valence-electron chi connectivity index (χ3n) is 2.44. The quantitative estimate of drug-likeness (QED) is 0.851. The third kappa shape index (κ3) is 2.02. The number of carbonyl (C=O) groups is 2. The van der Waals surface area contributed by atoms with E-state index >= 15 is 0 Å². The number of hydrogen-bond donors (Lipinski definition) is 1. The Kier molecular flexibility index (Phi) is 2.48. The first-order chi connectivity index (χ1) is 7.09. The first-order valence-corrected chi connectivity index (χ1v) is 5.51. The summed E-state index contributed by atoms with van der Waals surface area (Å²) in [4.78, 5) is 24.8. The molecular formula is C10H11NO3S. The smallest absolute Gasteiger partial charge is 0.345 e. The average molecular weight is 225 g/mol. The van der Waals surface area contributed by atoms with Gasteiger partial charge in [-0.15, -0.1) is 11.3 Å². The molecule has 2 rings (SSSR count). The lowest BCUT2D eigenvalue weighted by molar-refractivity contribution is 0.0701. The number of aromatic carboxylic acids is 1. The van der Waals surface area contributed by atoms with E-state index in [0.717, 1.165) is 24.2 Å². The molecule has 1 saturated carbocycles. The van der Waals surface area contributed by atoms with Crippen LogP contribution in [-0.4, -0.2) is 35.0 Å². The van der Waals surface area contributed by atoms with Gasteiger partial charge in [0.2, 0.25) is 0 Å². The van der Waals surface area contributed by atoms with Gasteiger partial charge >= 0.3 is 5.97 Å². The van der Waals surface area contributed by atoms with Gasteiger partial charge in [0.25, 0.3) is 5.91 Å². The highest BCUT2D eigenvalue weighted by Crippen LogP contribution is 2.28. The Morgan fingerprint density at radius 2 is 2.00 bits per heavy atom. The van der Waals surface area contributed by atoms with Gasteiger partial charge in [-0.2, -0.15) is 0 Å². The minimum Gasteiger partial charge on any atom is -0.477 e. The zero-order chi connectivity index (χ0) is 11.0. The summed E-state index contributed by atoms with van der Waals surface area (Å²) in [6.45, 7) is 0. The van der Waals surface area contributed by atoms with Crippen LogP contribution in [0.3, 0.4) is 0 Å². The third-order valence-corrected chi connectivity index (χ3v) is 3.50. The Morgan fingerprint density at radius 1 is 1.40 bits per heavy atom. The van der Waals surface area contributed by atoms with Crippen molar-refractivity contribution < 1.29 is 14.7 Å². The van der Waals surface area contributed by atoms with E-state index in [1.165, 1.54) is 6.07 Å². The van der Waals surface area contributed by atoms with Gasteiger partial charge in [-0.3, -0.25) is 4.79 Å². The van der Waals surface area contributed by atoms with Crippen molar-refractivity contribution in [3.63, 3.8) is 0 Å². The second-order valence-corrected chi connectivity index (χ2v) is 4.70. The van der Waals surface area contributed by atoms with Crippen LogP contribution in [0.2, 0.25) is 0 Å². The number of amides is 1. The monoisotopic (exact) mass is 225 g/mol. The molecule has 1 aliphatic carbocycles. The molecule has 1 fully saturated rings. The van der Waals surface area contributed by atoms with Crippen LogP contribution < -0.4 is 0 Å². The molecular weight excluding hydrogens is 214 g/mol. The summed E-state index contributed by atoms with van der Waals surface area (Å²) in [5.41, 5.74) is 0. The normalized spacial score (nSPS) is 15.0. The summed E-state index contributed by atoms with van der Waals surface area (Å²) < 4.78 is 0. The predicted molar refractivity (Wildman–Crippen MR) is 56.4 cm³/mol. The largest absolute Gasteiger partial charge is 0.477 e. The molecule has 1 aliphatic rings. The topological polar surface area (TPSA) is 57.6 Å². The number of nitrogens with zero attached hydrogens (tertiary/aromatic N) is 1. The van der Waals surface area contributed by atoms with E-state index in [2.05, 4.69) is 0 Å². The maximum atomic E-state index is 11.8. The molecule has 0 saturated heterocycles. The molecule has 0 aromatic carbocycles. The van der Waals surface area contributed by atoms with E-state index in [1.54, 1.807) is 18.0 Å². The number of hydrogen-bond acceptors (Lipinski definition) is 3. The van der Waals surface area contributed by atoms with Crippen LogP contribution >= 0.6 is 11.3 Å². The van der Waals surface area contributed by atoms with Crippen molar-refractivity contribution in [2.24, 2.45) is 0 Å². The molecule has 4 nitrogen and oxygen atoms in total. The molecule has 1 heterocycles. The summed E-state index contributed by atoms with van der Waals surface area (Å²) in [6, 6.07) is 3.41. The van der Waals surface area contributed by atoms with E-state index in [-0.39, 0.29) is 10.8 Å². The Hall–Kier alpha value is -1.36. The van der Waals surface area contributed by atoms with Crippen LogP contribution in [0, 0.1) is 0 Å². The van der Waals surface area contributed by atoms with Crippen LogP contribution in [0.4, 0.5) is 0 Å². The fraction of sp³-hybridized carbons (Fsp3) is 0.400. The maximum absolute atomic E-state index is 11.8. The summed E-state index contributed by atoms with van der Waals surface area (Å²) in [6.07, 6.45) is 2.11. The zero-order valence-electron chi connectivity index (χ0n) is 8.27. The molecule has 15 heavy (non-hydrogen) atoms. The van der Waals surface area contributed by atoms with Crippen molar-refractivity contribution in [3.8, 4) is 0 Å². The fourth-order valence-electron chi connectivity index (χ4n) is 1.37. The van der Waals surface area contributed by atoms with Gasteiger partial charge in [-0.1, -0.05) is 0 Å². The van der Waals surface area contributed by atoms with Gasteiger partial charge in [0.15, 0.2) is 0 Å². The minimum atomic E-state index is -0.979. The van der Waals surface area contributed by atoms with Gasteiger partial charge in [-0.25, -0.2) is 4.79 Å². The number of rotatable bonds is 3. The molecule has 0 radical (unpaired) electrons. The molecule has 0 bridgehead atoms. The van der Waals surface area contributed by atoms with Crippen molar-refractivity contribution in [2.75, 3.05) is 7.05 Å². The standard InChI is InChI=1S/C10H11NO3S/c1-11(6-2-3-6)9(12)7-4-5-8(15-7)10(13)14/h4-6H,2-3H2,1H3,(H,13,14). The van der Waals surface area contributed by atoms with Crippen LogP contribution in [0.1, 0.15) is 32.2 Å². The van der Waals surface area contributed by atoms with Crippen molar-refractivity contribution >= 4 is 23.2 Å². The Balaban J connectivity index is 2.14. The highest BCUT2D eigenvalue weighted by atomic mass is 32.1. The molecule has 0 spiro atoms. The van der Waals surface area contributed by atoms with Gasteiger partial charge in [-0.05, 0) is 25.0 Å². The summed E-state index contributed by atoms with van der Waals surface area (Å²) in [7, 11) is 1.76. The number of carboxylic acid groups (broad SMARTS) is 1. The molecule has 5 heteroatoms. The highest BCUT2D eigenvalue weighted by molar-refractivity contribution is 7.15. The molecule has 1 aromatic heterocycles. The lowest BCUT2D eigenvalue weighted by Gasteiger charge is -2.14. The first-order valence-electron chi connectivity index (χ1n) is 4.70. The number of thiophene rings is 1. The van der Waals surface area contributed by atoms with Crippen molar-refractivity contribution in [1.29, 1.82) is 0 Å². The van der Waals surface area contributed by atoms with E-state index in [4.69, 9.17) is 5.11 Å². The molecule has 1 N–H and O–H groups in total. The van der Waals surface area contributed by atoms with Crippen LogP contribution in [0.15, 0.2) is 12.1 Å². The summed E-state index contributed by atoms with van der Waals surface area (Å²) >= 11 is 1.03. The van der Waals surface area contributed by atoms with Gasteiger partial charge in [0.1, 0.15) is 4.88 Å². The molecule has 0 aliphatic heterocycles. The lowest BCUT2D eigenvalue weighted by Crippen LogP contribution is -2.27. The SMILES string of the molecule is CN(C(=O)c1ccc(C(=O)O)s1)C1CC1. The fourth-order valence-corrected chi connectivity index (χ4v) is 2.20. The van der Waals surface area contributed by atoms with Gasteiger partial charge in [0.05, 0.1) is 4.88 Å². The predicted octanol–water partition coefficient (Wildman–Crippen LogP) is 1.68. The minimum absolute atomic E-state index is 0.0741. The second-order valence-electron chi connectivity index (χ2n) is 3.62. The lowest BCUT2D eigenvalue weighted by atomic mass is 10.4. The zero-order valence-corrected chi connectivity index (χ0v) is 9.08. The van der Waals surface area contributed by atoms with Crippen molar-refractivity contribution in [3.05, 3.63) is 21.9 Å². The Bertz CT molecular complexity index is 409. The van der Waals surface area contributed by atoms with Crippen molar-refractivity contribution in [1.82, 2.24) is 4.90 Å². The van der Waals surface area contributed by atoms with E-state index in [0.29, 0.717) is 10.9 Å². The highest BCUT2D eigenvalue weighted by Gasteiger charge is 2.30. The van der Waals surface area contributed by atoms with E-state index in [9.17, 15) is 9.59 Å². The molecule has 1 amide bonds. The van der Waals surface area contributed by atoms with Crippen LogP contribution in [0.25, 0.3) is 0 Å². The first kappa shape index (κ1) is 10.2. The van der Waals surface area contributed by atoms with Gasteiger partial charge in [0, 0.05) is 13.1 Å². The molecule has 0 unspecified atom stereocenters. The Morgan fingerprint density at radius 3 is 2.47 bits per heavy atom. The van der Waals surface area contributed by atoms with Crippen molar-refractivity contribution in [2.45, 2.75) is 18.9 Å². The average Bonchev–Trinajstić information content (AvgIpc) is 2.93. The van der Waals surface area contributed by atoms with Crippen LogP contribution in [0.5, 0.6) is 0 Å². The second kappa shape index (κ2) is 3.66. The van der Waals surface area contributed by atoms with E-state index in [1.807, 2.05) is 0 Å². The number of carboxylic acids is 1. The van der Waals surface area contributed by atoms with E-state index < -0.39 is 5.97 Å². The summed E-state index contributed by atoms with van der Waals surface area (Å²) in [5.74, 6) is -1.05. The van der Waals surface area contributed by atoms with Gasteiger partial charge < -0.3 is 10.0 Å². The molecule has 1 aromatic rings. The molecule has 80 valence electrons. The molecule has 0 atom stereocenters. The Labute approximate surface area is 91.1 Å². The number of carbonyl (C=O) groups excluding carboxylic acids is 1. The summed E-state index contributed by atoms with van der Waals surface area (Å²) in [5, 5.41) is 8.73. The maximum Gasteiger partial charge on any atom is 0.345 e.